The highest BCUT2D eigenvalue weighted by Crippen LogP contribution is 2.20. The molecule has 17 heavy (non-hydrogen) atoms. The van der Waals surface area contributed by atoms with E-state index in [1.54, 1.807) is 0 Å². The Morgan fingerprint density at radius 2 is 2.00 bits per heavy atom. The second-order valence-electron chi connectivity index (χ2n) is 4.22. The Bertz CT molecular complexity index is 476. The summed E-state index contributed by atoms with van der Waals surface area (Å²) in [4.78, 5) is 4.33. The molecule has 0 saturated heterocycles. The fraction of sp³-hybridized carbons (Fsp3) is 0.385. The molecule has 1 heterocycles. The largest absolute Gasteiger partial charge is 0.337 e. The van der Waals surface area contributed by atoms with E-state index in [0.29, 0.717) is 11.7 Å². The monoisotopic (exact) mass is 231 g/mol. The Hall–Kier alpha value is -1.68. The van der Waals surface area contributed by atoms with Crippen LogP contribution in [0.4, 0.5) is 0 Å². The average Bonchev–Trinajstić information content (AvgIpc) is 2.80. The third-order valence-electron chi connectivity index (χ3n) is 2.67. The lowest BCUT2D eigenvalue weighted by Crippen LogP contribution is -2.09. The number of nitrogens with two attached hydrogens (primary N) is 1. The number of nitrogens with zero attached hydrogens (tertiary/aromatic N) is 2. The van der Waals surface area contributed by atoms with Crippen LogP contribution in [0.15, 0.2) is 28.8 Å². The van der Waals surface area contributed by atoms with E-state index in [1.165, 1.54) is 5.56 Å². The second kappa shape index (κ2) is 5.10. The van der Waals surface area contributed by atoms with Gasteiger partial charge in [-0.05, 0) is 13.3 Å². The Balaban J connectivity index is 2.20. The highest BCUT2D eigenvalue weighted by molar-refractivity contribution is 5.54. The van der Waals surface area contributed by atoms with Gasteiger partial charge in [-0.2, -0.15) is 4.98 Å². The van der Waals surface area contributed by atoms with Gasteiger partial charge in [-0.15, -0.1) is 0 Å². The van der Waals surface area contributed by atoms with Gasteiger partial charge in [0, 0.05) is 5.56 Å². The van der Waals surface area contributed by atoms with Crippen molar-refractivity contribution in [3.05, 3.63) is 35.7 Å². The maximum absolute atomic E-state index is 5.92. The summed E-state index contributed by atoms with van der Waals surface area (Å²) in [6.07, 6.45) is 1.86. The first-order valence-electron chi connectivity index (χ1n) is 5.87. The molecule has 1 aromatic carbocycles. The lowest BCUT2D eigenvalue weighted by atomic mass is 10.1. The van der Waals surface area contributed by atoms with Crippen molar-refractivity contribution in [2.75, 3.05) is 0 Å². The first-order valence-corrected chi connectivity index (χ1v) is 5.87. The minimum atomic E-state index is -0.160. The molecule has 0 aliphatic carbocycles. The van der Waals surface area contributed by atoms with E-state index in [1.807, 2.05) is 31.2 Å². The van der Waals surface area contributed by atoms with E-state index in [4.69, 9.17) is 10.3 Å². The summed E-state index contributed by atoms with van der Waals surface area (Å²) in [6, 6.07) is 7.85. The fourth-order valence-corrected chi connectivity index (χ4v) is 1.64. The van der Waals surface area contributed by atoms with Gasteiger partial charge in [0.25, 0.3) is 0 Å². The van der Waals surface area contributed by atoms with Crippen LogP contribution < -0.4 is 5.73 Å². The molecule has 1 unspecified atom stereocenters. The van der Waals surface area contributed by atoms with Crippen molar-refractivity contribution < 1.29 is 4.52 Å². The normalized spacial score (nSPS) is 12.6. The van der Waals surface area contributed by atoms with Crippen molar-refractivity contribution in [3.63, 3.8) is 0 Å². The van der Waals surface area contributed by atoms with Gasteiger partial charge >= 0.3 is 0 Å². The minimum Gasteiger partial charge on any atom is -0.337 e. The van der Waals surface area contributed by atoms with Crippen molar-refractivity contribution in [3.8, 4) is 11.4 Å². The number of benzene rings is 1. The number of rotatable bonds is 4. The Morgan fingerprint density at radius 1 is 1.29 bits per heavy atom. The van der Waals surface area contributed by atoms with Crippen LogP contribution in [0, 0.1) is 6.92 Å². The number of aromatic nitrogens is 2. The smallest absolute Gasteiger partial charge is 0.243 e. The van der Waals surface area contributed by atoms with Crippen molar-refractivity contribution in [1.82, 2.24) is 10.1 Å². The molecule has 1 atom stereocenters. The molecular formula is C13H17N3O. The van der Waals surface area contributed by atoms with E-state index in [0.717, 1.165) is 18.4 Å². The van der Waals surface area contributed by atoms with Gasteiger partial charge in [0.05, 0.1) is 6.04 Å². The molecule has 0 fully saturated rings. The minimum absolute atomic E-state index is 0.160. The van der Waals surface area contributed by atoms with Gasteiger partial charge in [-0.1, -0.05) is 48.3 Å². The molecular weight excluding hydrogens is 214 g/mol. The van der Waals surface area contributed by atoms with E-state index in [2.05, 4.69) is 17.1 Å². The predicted molar refractivity (Wildman–Crippen MR) is 66.3 cm³/mol. The maximum atomic E-state index is 5.92. The first kappa shape index (κ1) is 11.8. The first-order chi connectivity index (χ1) is 8.20. The van der Waals surface area contributed by atoms with E-state index in [9.17, 15) is 0 Å². The molecule has 2 rings (SSSR count). The predicted octanol–water partition coefficient (Wildman–Crippen LogP) is 2.84. The third-order valence-corrected chi connectivity index (χ3v) is 2.67. The average molecular weight is 231 g/mol. The summed E-state index contributed by atoms with van der Waals surface area (Å²) in [5.41, 5.74) is 8.09. The van der Waals surface area contributed by atoms with Crippen LogP contribution in [0.25, 0.3) is 11.4 Å². The van der Waals surface area contributed by atoms with Crippen LogP contribution in [-0.4, -0.2) is 10.1 Å². The molecule has 0 amide bonds. The molecule has 0 spiro atoms. The molecule has 4 heteroatoms. The highest BCUT2D eigenvalue weighted by Gasteiger charge is 2.14. The van der Waals surface area contributed by atoms with Crippen LogP contribution in [-0.2, 0) is 0 Å². The summed E-state index contributed by atoms with van der Waals surface area (Å²) < 4.78 is 5.18. The lowest BCUT2D eigenvalue weighted by Gasteiger charge is -2.02. The van der Waals surface area contributed by atoms with Crippen LogP contribution in [0.2, 0.25) is 0 Å². The van der Waals surface area contributed by atoms with Gasteiger partial charge in [0.2, 0.25) is 11.7 Å². The van der Waals surface area contributed by atoms with Gasteiger partial charge < -0.3 is 10.3 Å². The SMILES string of the molecule is CCCC(N)c1nc(-c2ccc(C)cc2)no1. The molecule has 4 nitrogen and oxygen atoms in total. The Kier molecular flexibility index (Phi) is 3.54. The lowest BCUT2D eigenvalue weighted by molar-refractivity contribution is 0.348. The van der Waals surface area contributed by atoms with Crippen molar-refractivity contribution in [2.45, 2.75) is 32.7 Å². The highest BCUT2D eigenvalue weighted by atomic mass is 16.5. The Labute approximate surface area is 101 Å². The van der Waals surface area contributed by atoms with Crippen LogP contribution >= 0.6 is 0 Å². The zero-order valence-corrected chi connectivity index (χ0v) is 10.2. The van der Waals surface area contributed by atoms with E-state index in [-0.39, 0.29) is 6.04 Å². The van der Waals surface area contributed by atoms with Gasteiger partial charge in [-0.3, -0.25) is 0 Å². The summed E-state index contributed by atoms with van der Waals surface area (Å²) in [5.74, 6) is 1.12. The van der Waals surface area contributed by atoms with E-state index < -0.39 is 0 Å². The summed E-state index contributed by atoms with van der Waals surface area (Å²) in [6.45, 7) is 4.12. The maximum Gasteiger partial charge on any atom is 0.243 e. The second-order valence-corrected chi connectivity index (χ2v) is 4.22. The van der Waals surface area contributed by atoms with Gasteiger partial charge in [0.15, 0.2) is 0 Å². The van der Waals surface area contributed by atoms with Crippen LogP contribution in [0.3, 0.4) is 0 Å². The van der Waals surface area contributed by atoms with E-state index >= 15 is 0 Å². The number of hydrogen-bond acceptors (Lipinski definition) is 4. The standard InChI is InChI=1S/C13H17N3O/c1-3-4-11(14)13-15-12(16-17-13)10-7-5-9(2)6-8-10/h5-8,11H,3-4,14H2,1-2H3. The summed E-state index contributed by atoms with van der Waals surface area (Å²) >= 11 is 0. The summed E-state index contributed by atoms with van der Waals surface area (Å²) in [5, 5.41) is 3.95. The molecule has 0 aliphatic heterocycles. The molecule has 0 aliphatic rings. The fourth-order valence-electron chi connectivity index (χ4n) is 1.64. The van der Waals surface area contributed by atoms with Crippen LogP contribution in [0.5, 0.6) is 0 Å². The topological polar surface area (TPSA) is 64.9 Å². The molecule has 1 aromatic heterocycles. The zero-order chi connectivity index (χ0) is 12.3. The van der Waals surface area contributed by atoms with Gasteiger partial charge in [-0.25, -0.2) is 0 Å². The zero-order valence-electron chi connectivity index (χ0n) is 10.2. The number of hydrogen-bond donors (Lipinski definition) is 1. The number of aryl methyl sites for hydroxylation is 1. The molecule has 2 aromatic rings. The summed E-state index contributed by atoms with van der Waals surface area (Å²) in [7, 11) is 0. The third kappa shape index (κ3) is 2.71. The van der Waals surface area contributed by atoms with Crippen molar-refractivity contribution >= 4 is 0 Å². The quantitative estimate of drug-likeness (QED) is 0.878. The molecule has 90 valence electrons. The van der Waals surface area contributed by atoms with Gasteiger partial charge in [0.1, 0.15) is 0 Å². The molecule has 0 saturated carbocycles. The van der Waals surface area contributed by atoms with Crippen LogP contribution in [0.1, 0.15) is 37.3 Å². The Morgan fingerprint density at radius 3 is 2.65 bits per heavy atom. The van der Waals surface area contributed by atoms with Crippen molar-refractivity contribution in [2.24, 2.45) is 5.73 Å². The molecule has 0 radical (unpaired) electrons. The molecule has 2 N–H and O–H groups in total. The molecule has 0 bridgehead atoms. The van der Waals surface area contributed by atoms with Crippen molar-refractivity contribution in [1.29, 1.82) is 0 Å².